The lowest BCUT2D eigenvalue weighted by Crippen LogP contribution is -2.50. The molecule has 1 aromatic carbocycles. The first-order valence-electron chi connectivity index (χ1n) is 16.6. The van der Waals surface area contributed by atoms with Gasteiger partial charge in [0.25, 0.3) is 11.5 Å². The smallest absolute Gasteiger partial charge is 0.416 e. The number of alkyl halides is 3. The van der Waals surface area contributed by atoms with Crippen LogP contribution in [0.25, 0.3) is 11.4 Å². The third-order valence-corrected chi connectivity index (χ3v) is 10.1. The molecule has 0 bridgehead atoms. The Morgan fingerprint density at radius 1 is 1.10 bits per heavy atom. The largest absolute Gasteiger partial charge is 0.505 e. The Balaban J connectivity index is 1.27. The number of aryl methyl sites for hydroxylation is 2. The van der Waals surface area contributed by atoms with E-state index < -0.39 is 29.0 Å². The third-order valence-electron chi connectivity index (χ3n) is 10.1. The Hall–Kier alpha value is -5.05. The number of hydrogen-bond donors (Lipinski definition) is 2. The summed E-state index contributed by atoms with van der Waals surface area (Å²) in [6, 6.07) is 4.97. The molecule has 15 heteroatoms. The number of aromatic nitrogens is 5. The predicted molar refractivity (Wildman–Crippen MR) is 176 cm³/mol. The van der Waals surface area contributed by atoms with Gasteiger partial charge in [-0.25, -0.2) is 4.98 Å². The van der Waals surface area contributed by atoms with E-state index in [-0.39, 0.29) is 46.1 Å². The van der Waals surface area contributed by atoms with Crippen molar-refractivity contribution in [3.63, 3.8) is 0 Å². The molecule has 3 aromatic heterocycles. The van der Waals surface area contributed by atoms with E-state index in [1.165, 1.54) is 30.6 Å². The summed E-state index contributed by atoms with van der Waals surface area (Å²) in [7, 11) is 0. The van der Waals surface area contributed by atoms with Crippen LogP contribution in [0.5, 0.6) is 5.75 Å². The number of nitrogens with zero attached hydrogens (tertiary/aromatic N) is 6. The summed E-state index contributed by atoms with van der Waals surface area (Å²) >= 11 is 0. The maximum Gasteiger partial charge on any atom is 0.416 e. The van der Waals surface area contributed by atoms with Crippen LogP contribution in [-0.2, 0) is 34.1 Å². The molecule has 1 fully saturated rings. The summed E-state index contributed by atoms with van der Waals surface area (Å²) in [6.45, 7) is 4.29. The van der Waals surface area contributed by atoms with Crippen LogP contribution in [0.1, 0.15) is 76.4 Å². The van der Waals surface area contributed by atoms with Gasteiger partial charge in [-0.1, -0.05) is 6.08 Å². The number of aromatic hydroxyl groups is 1. The second-order valence-electron chi connectivity index (χ2n) is 13.2. The molecule has 262 valence electrons. The van der Waals surface area contributed by atoms with Gasteiger partial charge in [-0.15, -0.1) is 5.10 Å². The van der Waals surface area contributed by atoms with Crippen molar-refractivity contribution < 1.29 is 32.6 Å². The highest BCUT2D eigenvalue weighted by Crippen LogP contribution is 2.44. The van der Waals surface area contributed by atoms with Crippen LogP contribution in [0.15, 0.2) is 41.3 Å². The summed E-state index contributed by atoms with van der Waals surface area (Å²) in [5, 5.41) is 17.7. The molecule has 0 unspecified atom stereocenters. The minimum atomic E-state index is -4.52. The monoisotopic (exact) mass is 691 g/mol. The van der Waals surface area contributed by atoms with Gasteiger partial charge in [-0.05, 0) is 93.3 Å². The first kappa shape index (κ1) is 33.4. The number of piperidine rings is 1. The van der Waals surface area contributed by atoms with Gasteiger partial charge in [0.1, 0.15) is 12.3 Å². The number of ether oxygens (including phenoxy) is 1. The van der Waals surface area contributed by atoms with Crippen LogP contribution in [0.2, 0.25) is 0 Å². The van der Waals surface area contributed by atoms with E-state index in [4.69, 9.17) is 9.72 Å². The Morgan fingerprint density at radius 2 is 1.84 bits per heavy atom. The van der Waals surface area contributed by atoms with Gasteiger partial charge in [-0.3, -0.25) is 14.4 Å². The topological polar surface area (TPSA) is 144 Å². The summed E-state index contributed by atoms with van der Waals surface area (Å²) in [4.78, 5) is 51.9. The number of benzene rings is 1. The quantitative estimate of drug-likeness (QED) is 0.310. The molecule has 1 aliphatic carbocycles. The van der Waals surface area contributed by atoms with Gasteiger partial charge in [0.15, 0.2) is 11.5 Å². The number of hydrogen-bond acceptors (Lipinski definition) is 8. The molecule has 0 saturated carbocycles. The van der Waals surface area contributed by atoms with Gasteiger partial charge in [0, 0.05) is 41.6 Å². The van der Waals surface area contributed by atoms with Crippen molar-refractivity contribution in [2.75, 3.05) is 31.6 Å². The van der Waals surface area contributed by atoms with Gasteiger partial charge in [0.2, 0.25) is 11.7 Å². The van der Waals surface area contributed by atoms with Gasteiger partial charge in [0.05, 0.1) is 18.8 Å². The molecule has 5 heterocycles. The summed E-state index contributed by atoms with van der Waals surface area (Å²) in [5.41, 5.74) is 1.09. The Labute approximate surface area is 284 Å². The number of carbonyl (C=O) groups is 2. The van der Waals surface area contributed by atoms with Crippen molar-refractivity contribution in [2.24, 2.45) is 0 Å². The molecule has 50 heavy (non-hydrogen) atoms. The van der Waals surface area contributed by atoms with Gasteiger partial charge < -0.3 is 24.6 Å². The molecule has 2 amide bonds. The fourth-order valence-electron chi connectivity index (χ4n) is 7.64. The zero-order valence-corrected chi connectivity index (χ0v) is 27.6. The van der Waals surface area contributed by atoms with Crippen LogP contribution < -0.4 is 10.9 Å². The maximum atomic E-state index is 14.4. The molecular weight excluding hydrogens is 655 g/mol. The highest BCUT2D eigenvalue weighted by Gasteiger charge is 2.45. The molecule has 0 radical (unpaired) electrons. The van der Waals surface area contributed by atoms with Crippen molar-refractivity contribution in [3.05, 3.63) is 86.4 Å². The Kier molecular flexibility index (Phi) is 8.48. The first-order valence-corrected chi connectivity index (χ1v) is 16.6. The molecule has 2 N–H and O–H groups in total. The minimum absolute atomic E-state index is 0.0290. The number of fused-ring (bicyclic) bond motifs is 3. The third kappa shape index (κ3) is 5.92. The molecule has 0 atom stereocenters. The zero-order valence-electron chi connectivity index (χ0n) is 27.6. The molecule has 4 aromatic rings. The SMILES string of the molecule is Cc1cc(C(F)(F)F)cc(C)c1NC(=O)Cn1c2c(c(=O)n3nc(C4=CCOCC4)nc13)C1(CCC2)CCN(C(=O)c2ncccc2O)CC1. The molecule has 3 aliphatic rings. The van der Waals surface area contributed by atoms with E-state index >= 15 is 0 Å². The average Bonchev–Trinajstić information content (AvgIpc) is 3.55. The summed E-state index contributed by atoms with van der Waals surface area (Å²) in [6.07, 6.45) is 2.20. The van der Waals surface area contributed by atoms with Crippen molar-refractivity contribution in [3.8, 4) is 5.75 Å². The van der Waals surface area contributed by atoms with Crippen molar-refractivity contribution in [2.45, 2.75) is 70.5 Å². The lowest BCUT2D eigenvalue weighted by atomic mass is 9.66. The standard InChI is InChI=1S/C35H36F3N7O5/c1-20-17-23(35(36,37)38)18-21(2)28(20)40-26(47)19-44-24-5-3-9-34(10-13-43(14-11-34)32(49)29-25(46)6-4-12-39-29)27(24)31(48)45-33(44)41-30(42-45)22-7-15-50-16-8-22/h4,6-7,12,17-18,46H,3,5,8-11,13-16,19H2,1-2H3,(H,40,47). The highest BCUT2D eigenvalue weighted by atomic mass is 19.4. The van der Waals surface area contributed by atoms with Gasteiger partial charge >= 0.3 is 6.18 Å². The second-order valence-corrected chi connectivity index (χ2v) is 13.2. The van der Waals surface area contributed by atoms with Crippen molar-refractivity contribution in [1.29, 1.82) is 0 Å². The normalized spacial score (nSPS) is 17.5. The molecule has 1 saturated heterocycles. The molecule has 7 rings (SSSR count). The number of anilines is 1. The number of likely N-dealkylation sites (tertiary alicyclic amines) is 1. The number of halogens is 3. The zero-order chi connectivity index (χ0) is 35.4. The van der Waals surface area contributed by atoms with Crippen LogP contribution in [0.3, 0.4) is 0 Å². The minimum Gasteiger partial charge on any atom is -0.505 e. The lowest BCUT2D eigenvalue weighted by molar-refractivity contribution is -0.137. The Bertz CT molecular complexity index is 2090. The van der Waals surface area contributed by atoms with Gasteiger partial charge in [-0.2, -0.15) is 22.7 Å². The number of amides is 2. The lowest BCUT2D eigenvalue weighted by Gasteiger charge is -2.45. The van der Waals surface area contributed by atoms with E-state index in [0.29, 0.717) is 75.5 Å². The fourth-order valence-corrected chi connectivity index (χ4v) is 7.64. The highest BCUT2D eigenvalue weighted by molar-refractivity contribution is 5.95. The summed E-state index contributed by atoms with van der Waals surface area (Å²) in [5.74, 6) is -0.525. The van der Waals surface area contributed by atoms with Crippen LogP contribution in [0, 0.1) is 13.8 Å². The molecule has 12 nitrogen and oxygen atoms in total. The molecular formula is C35H36F3N7O5. The Morgan fingerprint density at radius 3 is 2.50 bits per heavy atom. The number of pyridine rings is 1. The van der Waals surface area contributed by atoms with Crippen LogP contribution in [0.4, 0.5) is 18.9 Å². The van der Waals surface area contributed by atoms with E-state index in [0.717, 1.165) is 24.1 Å². The van der Waals surface area contributed by atoms with Crippen LogP contribution >= 0.6 is 0 Å². The second kappa shape index (κ2) is 12.7. The van der Waals surface area contributed by atoms with E-state index in [1.807, 2.05) is 6.08 Å². The van der Waals surface area contributed by atoms with E-state index in [2.05, 4.69) is 15.4 Å². The average molecular weight is 692 g/mol. The molecule has 2 aliphatic heterocycles. The molecule has 1 spiro atoms. The summed E-state index contributed by atoms with van der Waals surface area (Å²) < 4.78 is 48.7. The number of nitrogens with one attached hydrogen (secondary N) is 1. The van der Waals surface area contributed by atoms with E-state index in [1.54, 1.807) is 15.5 Å². The van der Waals surface area contributed by atoms with Crippen molar-refractivity contribution >= 4 is 28.9 Å². The fraction of sp³-hybridized carbons (Fsp3) is 0.429. The maximum absolute atomic E-state index is 14.4. The van der Waals surface area contributed by atoms with Crippen molar-refractivity contribution in [1.82, 2.24) is 29.0 Å². The first-order chi connectivity index (χ1) is 23.9. The number of rotatable bonds is 5. The van der Waals surface area contributed by atoms with E-state index in [9.17, 15) is 32.7 Å². The number of carbonyl (C=O) groups excluding carboxylic acids is 2. The van der Waals surface area contributed by atoms with Crippen LogP contribution in [-0.4, -0.2) is 72.3 Å². The predicted octanol–water partition coefficient (Wildman–Crippen LogP) is 4.58.